The zero-order chi connectivity index (χ0) is 19.8. The summed E-state index contributed by atoms with van der Waals surface area (Å²) in [4.78, 5) is 28.8. The Morgan fingerprint density at radius 3 is 2.64 bits per heavy atom. The Hall–Kier alpha value is -2.93. The third-order valence-electron chi connectivity index (χ3n) is 4.58. The van der Waals surface area contributed by atoms with Crippen LogP contribution in [0.5, 0.6) is 17.2 Å². The van der Waals surface area contributed by atoms with E-state index in [9.17, 15) is 9.59 Å². The smallest absolute Gasteiger partial charge is 0.265 e. The molecule has 0 saturated carbocycles. The molecular formula is C20H19ClN2O5. The number of hydrogen-bond acceptors (Lipinski definition) is 5. The summed E-state index contributed by atoms with van der Waals surface area (Å²) in [6, 6.07) is 10.3. The largest absolute Gasteiger partial charge is 0.486 e. The Kier molecular flexibility index (Phi) is 4.77. The molecule has 146 valence electrons. The Labute approximate surface area is 167 Å². The molecule has 2 aromatic carbocycles. The summed E-state index contributed by atoms with van der Waals surface area (Å²) in [5, 5.41) is 0.308. The van der Waals surface area contributed by atoms with Gasteiger partial charge in [-0.05, 0) is 24.3 Å². The maximum Gasteiger partial charge on any atom is 0.265 e. The summed E-state index contributed by atoms with van der Waals surface area (Å²) in [7, 11) is 3.30. The lowest BCUT2D eigenvalue weighted by molar-refractivity contribution is -0.135. The third-order valence-corrected chi connectivity index (χ3v) is 4.86. The lowest BCUT2D eigenvalue weighted by Gasteiger charge is -2.35. The van der Waals surface area contributed by atoms with Gasteiger partial charge in [0.2, 0.25) is 0 Å². The Balaban J connectivity index is 1.72. The van der Waals surface area contributed by atoms with Gasteiger partial charge in [0.25, 0.3) is 11.8 Å². The molecule has 2 heterocycles. The number of ether oxygens (including phenoxy) is 3. The Morgan fingerprint density at radius 1 is 1.11 bits per heavy atom. The van der Waals surface area contributed by atoms with E-state index in [2.05, 4.69) is 0 Å². The topological polar surface area (TPSA) is 68.3 Å². The number of carbonyl (C=O) groups is 2. The van der Waals surface area contributed by atoms with Crippen LogP contribution in [0.4, 0.5) is 5.69 Å². The molecule has 0 radical (unpaired) electrons. The highest BCUT2D eigenvalue weighted by Crippen LogP contribution is 2.40. The average molecular weight is 403 g/mol. The van der Waals surface area contributed by atoms with Gasteiger partial charge >= 0.3 is 0 Å². The van der Waals surface area contributed by atoms with Crippen molar-refractivity contribution in [3.05, 3.63) is 47.0 Å². The van der Waals surface area contributed by atoms with Gasteiger partial charge in [-0.3, -0.25) is 9.59 Å². The molecule has 2 aromatic rings. The van der Waals surface area contributed by atoms with Crippen molar-refractivity contribution in [2.45, 2.75) is 6.10 Å². The van der Waals surface area contributed by atoms with Crippen molar-refractivity contribution < 1.29 is 23.8 Å². The van der Waals surface area contributed by atoms with Gasteiger partial charge < -0.3 is 24.0 Å². The molecule has 0 saturated heterocycles. The minimum atomic E-state index is -0.790. The summed E-state index contributed by atoms with van der Waals surface area (Å²) in [6.45, 7) is 0.894. The van der Waals surface area contributed by atoms with Gasteiger partial charge in [-0.2, -0.15) is 0 Å². The number of fused-ring (bicyclic) bond motifs is 2. The molecule has 0 spiro atoms. The minimum Gasteiger partial charge on any atom is -0.486 e. The molecule has 28 heavy (non-hydrogen) atoms. The Morgan fingerprint density at radius 2 is 1.86 bits per heavy atom. The van der Waals surface area contributed by atoms with Crippen molar-refractivity contribution in [2.24, 2.45) is 0 Å². The number of anilines is 1. The van der Waals surface area contributed by atoms with E-state index in [0.29, 0.717) is 46.7 Å². The fourth-order valence-corrected chi connectivity index (χ4v) is 3.50. The van der Waals surface area contributed by atoms with Crippen LogP contribution in [-0.4, -0.2) is 56.7 Å². The zero-order valence-electron chi connectivity index (χ0n) is 15.5. The van der Waals surface area contributed by atoms with Gasteiger partial charge in [-0.25, -0.2) is 0 Å². The molecular weight excluding hydrogens is 384 g/mol. The molecule has 1 unspecified atom stereocenters. The number of rotatable bonds is 2. The summed E-state index contributed by atoms with van der Waals surface area (Å²) in [6.07, 6.45) is -0.790. The summed E-state index contributed by atoms with van der Waals surface area (Å²) in [5.41, 5.74) is 0.948. The first-order valence-corrected chi connectivity index (χ1v) is 9.21. The van der Waals surface area contributed by atoms with Crippen LogP contribution in [0.25, 0.3) is 0 Å². The maximum absolute atomic E-state index is 13.3. The van der Waals surface area contributed by atoms with Crippen LogP contribution in [0.3, 0.4) is 0 Å². The van der Waals surface area contributed by atoms with Gasteiger partial charge in [-0.15, -0.1) is 0 Å². The van der Waals surface area contributed by atoms with Crippen LogP contribution in [0, 0.1) is 0 Å². The molecule has 2 aliphatic heterocycles. The number of para-hydroxylation sites is 2. The monoisotopic (exact) mass is 402 g/mol. The van der Waals surface area contributed by atoms with E-state index in [0.717, 1.165) is 0 Å². The predicted octanol–water partition coefficient (Wildman–Crippen LogP) is 2.61. The highest BCUT2D eigenvalue weighted by molar-refractivity contribution is 6.33. The maximum atomic E-state index is 13.3. The SMILES string of the molecule is CN(C)C(=O)C1CN(C(=O)c2cc(Cl)c3c(c2)OCCO3)c2ccccc2O1. The second-order valence-electron chi connectivity index (χ2n) is 6.70. The van der Waals surface area contributed by atoms with E-state index in [1.807, 2.05) is 6.07 Å². The van der Waals surface area contributed by atoms with Crippen molar-refractivity contribution in [1.29, 1.82) is 0 Å². The number of halogens is 1. The molecule has 7 nitrogen and oxygen atoms in total. The van der Waals surface area contributed by atoms with Crippen molar-refractivity contribution in [2.75, 3.05) is 38.8 Å². The van der Waals surface area contributed by atoms with Gasteiger partial charge in [0.1, 0.15) is 19.0 Å². The average Bonchev–Trinajstić information content (AvgIpc) is 2.71. The normalized spacial score (nSPS) is 17.4. The first-order valence-electron chi connectivity index (χ1n) is 8.83. The van der Waals surface area contributed by atoms with Crippen LogP contribution in [0.15, 0.2) is 36.4 Å². The van der Waals surface area contributed by atoms with Crippen molar-refractivity contribution in [3.63, 3.8) is 0 Å². The van der Waals surface area contributed by atoms with E-state index in [-0.39, 0.29) is 18.4 Å². The molecule has 0 aromatic heterocycles. The summed E-state index contributed by atoms with van der Waals surface area (Å²) in [5.74, 6) is 0.835. The number of amides is 2. The van der Waals surface area contributed by atoms with Crippen LogP contribution in [0.2, 0.25) is 5.02 Å². The van der Waals surface area contributed by atoms with Crippen molar-refractivity contribution >= 4 is 29.1 Å². The number of hydrogen-bond donors (Lipinski definition) is 0. The first kappa shape index (κ1) is 18.4. The summed E-state index contributed by atoms with van der Waals surface area (Å²) >= 11 is 6.29. The van der Waals surface area contributed by atoms with Gasteiger partial charge in [0, 0.05) is 19.7 Å². The van der Waals surface area contributed by atoms with Crippen LogP contribution in [0.1, 0.15) is 10.4 Å². The van der Waals surface area contributed by atoms with Gasteiger partial charge in [-0.1, -0.05) is 23.7 Å². The molecule has 1 atom stereocenters. The van der Waals surface area contributed by atoms with Crippen molar-refractivity contribution in [1.82, 2.24) is 4.90 Å². The number of nitrogens with zero attached hydrogens (tertiary/aromatic N) is 2. The number of likely N-dealkylation sites (N-methyl/N-ethyl adjacent to an activating group) is 1. The lowest BCUT2D eigenvalue weighted by atomic mass is 10.1. The van der Waals surface area contributed by atoms with E-state index in [4.69, 9.17) is 25.8 Å². The van der Waals surface area contributed by atoms with Crippen LogP contribution < -0.4 is 19.1 Å². The van der Waals surface area contributed by atoms with E-state index < -0.39 is 6.10 Å². The van der Waals surface area contributed by atoms with Crippen LogP contribution >= 0.6 is 11.6 Å². The van der Waals surface area contributed by atoms with Gasteiger partial charge in [0.15, 0.2) is 17.6 Å². The van der Waals surface area contributed by atoms with E-state index in [1.54, 1.807) is 44.4 Å². The quantitative estimate of drug-likeness (QED) is 0.772. The molecule has 0 bridgehead atoms. The molecule has 2 aliphatic rings. The predicted molar refractivity (Wildman–Crippen MR) is 104 cm³/mol. The zero-order valence-corrected chi connectivity index (χ0v) is 16.2. The number of benzene rings is 2. The molecule has 2 amide bonds. The second kappa shape index (κ2) is 7.24. The minimum absolute atomic E-state index is 0.0962. The number of carbonyl (C=O) groups excluding carboxylic acids is 2. The summed E-state index contributed by atoms with van der Waals surface area (Å²) < 4.78 is 16.9. The molecule has 4 rings (SSSR count). The van der Waals surface area contributed by atoms with E-state index >= 15 is 0 Å². The molecule has 0 fully saturated rings. The first-order chi connectivity index (χ1) is 13.5. The molecule has 8 heteroatoms. The third kappa shape index (κ3) is 3.22. The molecule has 0 N–H and O–H groups in total. The van der Waals surface area contributed by atoms with E-state index in [1.165, 1.54) is 9.80 Å². The van der Waals surface area contributed by atoms with Crippen LogP contribution in [-0.2, 0) is 4.79 Å². The van der Waals surface area contributed by atoms with Gasteiger partial charge in [0.05, 0.1) is 17.3 Å². The highest BCUT2D eigenvalue weighted by Gasteiger charge is 2.35. The van der Waals surface area contributed by atoms with Crippen molar-refractivity contribution in [3.8, 4) is 17.2 Å². The second-order valence-corrected chi connectivity index (χ2v) is 7.11. The lowest BCUT2D eigenvalue weighted by Crippen LogP contribution is -2.50. The fraction of sp³-hybridized carbons (Fsp3) is 0.300. The fourth-order valence-electron chi connectivity index (χ4n) is 3.23. The Bertz CT molecular complexity index is 946. The molecule has 0 aliphatic carbocycles. The highest BCUT2D eigenvalue weighted by atomic mass is 35.5. The standard InChI is InChI=1S/C20H19ClN2O5/c1-22(2)20(25)17-11-23(14-5-3-4-6-15(14)28-17)19(24)12-9-13(21)18-16(10-12)26-7-8-27-18/h3-6,9-10,17H,7-8,11H2,1-2H3.